The van der Waals surface area contributed by atoms with E-state index in [9.17, 15) is 9.59 Å². The lowest BCUT2D eigenvalue weighted by Gasteiger charge is -2.05. The second-order valence-electron chi connectivity index (χ2n) is 4.25. The van der Waals surface area contributed by atoms with Crippen LogP contribution in [0, 0.1) is 0 Å². The van der Waals surface area contributed by atoms with E-state index in [1.54, 1.807) is 13.2 Å². The summed E-state index contributed by atoms with van der Waals surface area (Å²) in [6.45, 7) is 0. The number of carbonyl (C=O) groups is 2. The Hall–Kier alpha value is -1.65. The van der Waals surface area contributed by atoms with Gasteiger partial charge in [-0.3, -0.25) is 10.1 Å². The monoisotopic (exact) mass is 475 g/mol. The molecule has 1 aromatic rings. The Labute approximate surface area is 158 Å². The van der Waals surface area contributed by atoms with Gasteiger partial charge in [-0.05, 0) is 39.8 Å². The van der Waals surface area contributed by atoms with Gasteiger partial charge in [0.2, 0.25) is 0 Å². The molecule has 1 aliphatic rings. The van der Waals surface area contributed by atoms with Crippen LogP contribution in [0.15, 0.2) is 42.3 Å². The molecule has 1 N–H and O–H groups in total. The molecule has 0 aliphatic carbocycles. The van der Waals surface area contributed by atoms with Gasteiger partial charge in [0.1, 0.15) is 5.75 Å². The molecular weight excluding hydrogens is 466 g/mol. The average molecular weight is 477 g/mol. The zero-order chi connectivity index (χ0) is 17.7. The van der Waals surface area contributed by atoms with Crippen molar-refractivity contribution in [2.45, 2.75) is 0 Å². The number of amidine groups is 1. The quantitative estimate of drug-likeness (QED) is 0.312. The van der Waals surface area contributed by atoms with Crippen LogP contribution in [0.4, 0.5) is 0 Å². The molecule has 10 heteroatoms. The van der Waals surface area contributed by atoms with Gasteiger partial charge in [-0.2, -0.15) is 5.10 Å². The molecule has 1 saturated heterocycles. The molecule has 0 atom stereocenters. The van der Waals surface area contributed by atoms with Crippen molar-refractivity contribution in [1.82, 2.24) is 5.32 Å². The summed E-state index contributed by atoms with van der Waals surface area (Å²) < 4.78 is 11.3. The van der Waals surface area contributed by atoms with Crippen molar-refractivity contribution < 1.29 is 19.1 Å². The maximum absolute atomic E-state index is 11.7. The van der Waals surface area contributed by atoms with Gasteiger partial charge >= 0.3 is 5.97 Å². The van der Waals surface area contributed by atoms with Crippen molar-refractivity contribution in [1.29, 1.82) is 0 Å². The molecule has 1 fully saturated rings. The molecule has 0 aromatic heterocycles. The fourth-order valence-corrected chi connectivity index (χ4v) is 3.58. The normalized spacial score (nSPS) is 17.6. The lowest BCUT2D eigenvalue weighted by atomic mass is 10.2. The second kappa shape index (κ2) is 8.45. The maximum atomic E-state index is 11.7. The minimum atomic E-state index is -0.608. The SMILES string of the molecule is COC(=O)/C=C1/S/C(=N\N=Cc2cc(OC)c(Br)cc2Br)NC1=O. The molecule has 0 spiro atoms. The van der Waals surface area contributed by atoms with Gasteiger partial charge < -0.3 is 9.47 Å². The molecule has 0 bridgehead atoms. The smallest absolute Gasteiger partial charge is 0.331 e. The molecular formula is C14H11Br2N3O4S. The minimum absolute atomic E-state index is 0.197. The van der Waals surface area contributed by atoms with E-state index in [-0.39, 0.29) is 10.1 Å². The predicted molar refractivity (Wildman–Crippen MR) is 99.3 cm³/mol. The molecule has 0 unspecified atom stereocenters. The lowest BCUT2D eigenvalue weighted by molar-refractivity contribution is -0.135. The number of benzene rings is 1. The first kappa shape index (κ1) is 18.7. The Kier molecular flexibility index (Phi) is 6.58. The molecule has 1 amide bonds. The summed E-state index contributed by atoms with van der Waals surface area (Å²) in [5.74, 6) is -0.381. The van der Waals surface area contributed by atoms with Gasteiger partial charge in [0.25, 0.3) is 5.91 Å². The van der Waals surface area contributed by atoms with Crippen LogP contribution >= 0.6 is 43.6 Å². The fourth-order valence-electron chi connectivity index (χ4n) is 1.58. The van der Waals surface area contributed by atoms with E-state index >= 15 is 0 Å². The number of esters is 1. The van der Waals surface area contributed by atoms with E-state index in [4.69, 9.17) is 4.74 Å². The summed E-state index contributed by atoms with van der Waals surface area (Å²) in [6, 6.07) is 3.61. The van der Waals surface area contributed by atoms with Gasteiger partial charge in [-0.25, -0.2) is 4.79 Å². The summed E-state index contributed by atoms with van der Waals surface area (Å²) in [7, 11) is 2.80. The zero-order valence-corrected chi connectivity index (χ0v) is 16.5. The Morgan fingerprint density at radius 1 is 1.29 bits per heavy atom. The third-order valence-corrected chi connectivity index (χ3v) is 4.92. The molecule has 2 rings (SSSR count). The number of hydrogen-bond donors (Lipinski definition) is 1. The van der Waals surface area contributed by atoms with E-state index in [0.29, 0.717) is 5.75 Å². The highest BCUT2D eigenvalue weighted by Crippen LogP contribution is 2.30. The molecule has 126 valence electrons. The Morgan fingerprint density at radius 3 is 2.71 bits per heavy atom. The number of nitrogens with one attached hydrogen (secondary N) is 1. The summed E-state index contributed by atoms with van der Waals surface area (Å²) in [5, 5.41) is 10.6. The second-order valence-corrected chi connectivity index (χ2v) is 6.99. The standard InChI is InChI=1S/C14H11Br2N3O4S/c1-22-10-3-7(8(15)4-9(10)16)6-17-19-14-18-13(21)11(24-14)5-12(20)23-2/h3-6H,1-2H3,(H,18,19,21)/b11-5+,17-6?. The zero-order valence-electron chi connectivity index (χ0n) is 12.5. The van der Waals surface area contributed by atoms with Crippen LogP contribution in [0.3, 0.4) is 0 Å². The number of thioether (sulfide) groups is 1. The van der Waals surface area contributed by atoms with Crippen molar-refractivity contribution in [2.24, 2.45) is 10.2 Å². The Bertz CT molecular complexity index is 778. The number of halogens is 2. The Balaban J connectivity index is 2.14. The van der Waals surface area contributed by atoms with Crippen LogP contribution in [0.5, 0.6) is 5.75 Å². The summed E-state index contributed by atoms with van der Waals surface area (Å²) >= 11 is 7.80. The molecule has 1 aliphatic heterocycles. The summed E-state index contributed by atoms with van der Waals surface area (Å²) in [5.41, 5.74) is 0.749. The van der Waals surface area contributed by atoms with Gasteiger partial charge in [0.15, 0.2) is 5.17 Å². The van der Waals surface area contributed by atoms with E-state index in [2.05, 4.69) is 52.1 Å². The van der Waals surface area contributed by atoms with Crippen molar-refractivity contribution in [3.8, 4) is 5.75 Å². The summed E-state index contributed by atoms with van der Waals surface area (Å²) in [6.07, 6.45) is 2.61. The topological polar surface area (TPSA) is 89.3 Å². The first-order valence-electron chi connectivity index (χ1n) is 6.37. The maximum Gasteiger partial charge on any atom is 0.331 e. The van der Waals surface area contributed by atoms with Crippen LogP contribution in [0.2, 0.25) is 0 Å². The van der Waals surface area contributed by atoms with E-state index < -0.39 is 11.9 Å². The average Bonchev–Trinajstić information content (AvgIpc) is 2.89. The van der Waals surface area contributed by atoms with Gasteiger partial charge in [0.05, 0.1) is 29.8 Å². The Morgan fingerprint density at radius 2 is 2.04 bits per heavy atom. The highest BCUT2D eigenvalue weighted by Gasteiger charge is 2.25. The van der Waals surface area contributed by atoms with Gasteiger partial charge in [-0.1, -0.05) is 15.9 Å². The van der Waals surface area contributed by atoms with Crippen molar-refractivity contribution in [3.63, 3.8) is 0 Å². The lowest BCUT2D eigenvalue weighted by Crippen LogP contribution is -2.19. The predicted octanol–water partition coefficient (Wildman–Crippen LogP) is 2.83. The number of hydrogen-bond acceptors (Lipinski definition) is 7. The van der Waals surface area contributed by atoms with Crippen LogP contribution in [-0.4, -0.2) is 37.5 Å². The number of methoxy groups -OCH3 is 2. The number of nitrogens with zero attached hydrogens (tertiary/aromatic N) is 2. The number of carbonyl (C=O) groups excluding carboxylic acids is 2. The first-order chi connectivity index (χ1) is 11.4. The number of amides is 1. The number of ether oxygens (including phenoxy) is 2. The highest BCUT2D eigenvalue weighted by molar-refractivity contribution is 9.11. The van der Waals surface area contributed by atoms with Crippen LogP contribution < -0.4 is 10.1 Å². The fraction of sp³-hybridized carbons (Fsp3) is 0.143. The highest BCUT2D eigenvalue weighted by atomic mass is 79.9. The van der Waals surface area contributed by atoms with E-state index in [1.165, 1.54) is 13.3 Å². The van der Waals surface area contributed by atoms with Crippen molar-refractivity contribution in [3.05, 3.63) is 37.6 Å². The third-order valence-electron chi connectivity index (χ3n) is 2.72. The molecule has 1 heterocycles. The van der Waals surface area contributed by atoms with Crippen LogP contribution in [0.25, 0.3) is 0 Å². The summed E-state index contributed by atoms with van der Waals surface area (Å²) in [4.78, 5) is 23.0. The van der Waals surface area contributed by atoms with Crippen LogP contribution in [0.1, 0.15) is 5.56 Å². The van der Waals surface area contributed by atoms with Crippen molar-refractivity contribution in [2.75, 3.05) is 14.2 Å². The van der Waals surface area contributed by atoms with Crippen molar-refractivity contribution >= 4 is 66.9 Å². The minimum Gasteiger partial charge on any atom is -0.496 e. The molecule has 0 saturated carbocycles. The first-order valence-corrected chi connectivity index (χ1v) is 8.77. The number of rotatable bonds is 4. The van der Waals surface area contributed by atoms with Gasteiger partial charge in [-0.15, -0.1) is 5.10 Å². The molecule has 0 radical (unpaired) electrons. The molecule has 1 aromatic carbocycles. The largest absolute Gasteiger partial charge is 0.496 e. The van der Waals surface area contributed by atoms with Crippen LogP contribution in [-0.2, 0) is 14.3 Å². The molecule has 24 heavy (non-hydrogen) atoms. The third kappa shape index (κ3) is 4.68. The van der Waals surface area contributed by atoms with E-state index in [0.717, 1.165) is 32.3 Å². The van der Waals surface area contributed by atoms with E-state index in [1.807, 2.05) is 6.07 Å². The molecule has 7 nitrogen and oxygen atoms in total. The van der Waals surface area contributed by atoms with Gasteiger partial charge in [0, 0.05) is 16.1 Å².